The van der Waals surface area contributed by atoms with E-state index >= 15 is 0 Å². The van der Waals surface area contributed by atoms with Gasteiger partial charge < -0.3 is 19.3 Å². The SMILES string of the molecule is CCCC(OCCN1CCCCC1)c1ccc(OCCCN2CCCCC2)cc1. The van der Waals surface area contributed by atoms with Crippen molar-refractivity contribution in [3.63, 3.8) is 0 Å². The largest absolute Gasteiger partial charge is 0.494 e. The van der Waals surface area contributed by atoms with E-state index in [0.717, 1.165) is 44.8 Å². The van der Waals surface area contributed by atoms with Crippen molar-refractivity contribution in [3.05, 3.63) is 29.8 Å². The minimum absolute atomic E-state index is 0.206. The van der Waals surface area contributed by atoms with Gasteiger partial charge in [-0.2, -0.15) is 0 Å². The first-order valence-corrected chi connectivity index (χ1v) is 12.1. The number of likely N-dealkylation sites (tertiary alicyclic amines) is 2. The lowest BCUT2D eigenvalue weighted by Gasteiger charge is -2.27. The van der Waals surface area contributed by atoms with Crippen LogP contribution >= 0.6 is 0 Å². The number of piperidine rings is 2. The second kappa shape index (κ2) is 13.3. The third kappa shape index (κ3) is 8.27. The van der Waals surface area contributed by atoms with Gasteiger partial charge in [0.25, 0.3) is 0 Å². The molecule has 3 rings (SSSR count). The Hall–Kier alpha value is -1.10. The molecule has 29 heavy (non-hydrogen) atoms. The maximum Gasteiger partial charge on any atom is 0.119 e. The predicted molar refractivity (Wildman–Crippen MR) is 121 cm³/mol. The third-order valence-corrected chi connectivity index (χ3v) is 6.31. The van der Waals surface area contributed by atoms with Crippen LogP contribution in [0.2, 0.25) is 0 Å². The van der Waals surface area contributed by atoms with Crippen molar-refractivity contribution < 1.29 is 9.47 Å². The van der Waals surface area contributed by atoms with Gasteiger partial charge in [-0.1, -0.05) is 38.3 Å². The van der Waals surface area contributed by atoms with Gasteiger partial charge in [-0.25, -0.2) is 0 Å². The Morgan fingerprint density at radius 1 is 0.793 bits per heavy atom. The molecule has 0 spiro atoms. The van der Waals surface area contributed by atoms with Gasteiger partial charge in [-0.05, 0) is 82.4 Å². The average molecular weight is 403 g/mol. The van der Waals surface area contributed by atoms with Gasteiger partial charge in [-0.3, -0.25) is 0 Å². The Labute approximate surface area is 178 Å². The van der Waals surface area contributed by atoms with Gasteiger partial charge in [-0.15, -0.1) is 0 Å². The summed E-state index contributed by atoms with van der Waals surface area (Å²) in [6.45, 7) is 11.1. The van der Waals surface area contributed by atoms with E-state index in [1.54, 1.807) is 0 Å². The van der Waals surface area contributed by atoms with E-state index in [0.29, 0.717) is 0 Å². The summed E-state index contributed by atoms with van der Waals surface area (Å²) in [4.78, 5) is 5.12. The molecule has 1 aromatic carbocycles. The van der Waals surface area contributed by atoms with Crippen LogP contribution in [0.25, 0.3) is 0 Å². The minimum atomic E-state index is 0.206. The molecule has 2 fully saturated rings. The topological polar surface area (TPSA) is 24.9 Å². The Bertz CT molecular complexity index is 536. The lowest BCUT2D eigenvalue weighted by atomic mass is 10.0. The van der Waals surface area contributed by atoms with Crippen molar-refractivity contribution in [1.82, 2.24) is 9.80 Å². The summed E-state index contributed by atoms with van der Waals surface area (Å²) in [6, 6.07) is 8.63. The Morgan fingerprint density at radius 3 is 2.03 bits per heavy atom. The zero-order valence-electron chi connectivity index (χ0n) is 18.6. The summed E-state index contributed by atoms with van der Waals surface area (Å²) in [5.74, 6) is 0.982. The second-order valence-electron chi connectivity index (χ2n) is 8.72. The quantitative estimate of drug-likeness (QED) is 0.444. The summed E-state index contributed by atoms with van der Waals surface area (Å²) in [6.07, 6.45) is 11.7. The molecule has 0 amide bonds. The molecule has 1 aromatic rings. The summed E-state index contributed by atoms with van der Waals surface area (Å²) < 4.78 is 12.3. The standard InChI is InChI=1S/C25H42N2O2/c1-2-10-25(29-22-20-27-17-7-4-8-18-27)23-11-13-24(14-12-23)28-21-9-19-26-15-5-3-6-16-26/h11-14,25H,2-10,15-22H2,1H3. The molecule has 1 atom stereocenters. The lowest BCUT2D eigenvalue weighted by molar-refractivity contribution is 0.0282. The number of hydrogen-bond donors (Lipinski definition) is 0. The van der Waals surface area contributed by atoms with Crippen LogP contribution < -0.4 is 4.74 Å². The normalized spacial score (nSPS) is 19.9. The van der Waals surface area contributed by atoms with E-state index in [9.17, 15) is 0 Å². The van der Waals surface area contributed by atoms with E-state index in [1.165, 1.54) is 76.8 Å². The zero-order valence-corrected chi connectivity index (χ0v) is 18.6. The smallest absolute Gasteiger partial charge is 0.119 e. The van der Waals surface area contributed by atoms with Gasteiger partial charge in [0.05, 0.1) is 19.3 Å². The molecule has 4 heteroatoms. The molecule has 0 bridgehead atoms. The first kappa shape index (κ1) is 22.6. The summed E-state index contributed by atoms with van der Waals surface area (Å²) in [5, 5.41) is 0. The summed E-state index contributed by atoms with van der Waals surface area (Å²) >= 11 is 0. The minimum Gasteiger partial charge on any atom is -0.494 e. The van der Waals surface area contributed by atoms with Crippen LogP contribution in [0.5, 0.6) is 5.75 Å². The van der Waals surface area contributed by atoms with Crippen LogP contribution in [0.15, 0.2) is 24.3 Å². The van der Waals surface area contributed by atoms with Crippen molar-refractivity contribution in [2.24, 2.45) is 0 Å². The molecule has 2 aliphatic heterocycles. The Kier molecular flexibility index (Phi) is 10.3. The van der Waals surface area contributed by atoms with E-state index in [1.807, 2.05) is 0 Å². The average Bonchev–Trinajstić information content (AvgIpc) is 2.78. The van der Waals surface area contributed by atoms with Gasteiger partial charge >= 0.3 is 0 Å². The first-order chi connectivity index (χ1) is 14.3. The molecule has 2 heterocycles. The predicted octanol–water partition coefficient (Wildman–Crippen LogP) is 5.29. The molecule has 0 aliphatic carbocycles. The van der Waals surface area contributed by atoms with Crippen molar-refractivity contribution in [3.8, 4) is 5.75 Å². The molecule has 4 nitrogen and oxygen atoms in total. The molecule has 0 aromatic heterocycles. The molecule has 1 unspecified atom stereocenters. The fraction of sp³-hybridized carbons (Fsp3) is 0.760. The van der Waals surface area contributed by atoms with E-state index < -0.39 is 0 Å². The highest BCUT2D eigenvalue weighted by molar-refractivity contribution is 5.28. The summed E-state index contributed by atoms with van der Waals surface area (Å²) in [7, 11) is 0. The van der Waals surface area contributed by atoms with Crippen LogP contribution in [0.4, 0.5) is 0 Å². The summed E-state index contributed by atoms with van der Waals surface area (Å²) in [5.41, 5.74) is 1.28. The molecular formula is C25H42N2O2. The Balaban J connectivity index is 1.37. The van der Waals surface area contributed by atoms with Crippen molar-refractivity contribution in [1.29, 1.82) is 0 Å². The monoisotopic (exact) mass is 402 g/mol. The van der Waals surface area contributed by atoms with Gasteiger partial charge in [0.1, 0.15) is 5.75 Å². The lowest BCUT2D eigenvalue weighted by Crippen LogP contribution is -2.33. The maximum atomic E-state index is 6.29. The number of rotatable bonds is 12. The van der Waals surface area contributed by atoms with Gasteiger partial charge in [0.15, 0.2) is 0 Å². The second-order valence-corrected chi connectivity index (χ2v) is 8.72. The van der Waals surface area contributed by atoms with Crippen molar-refractivity contribution in [2.45, 2.75) is 70.8 Å². The van der Waals surface area contributed by atoms with E-state index in [2.05, 4.69) is 41.0 Å². The fourth-order valence-electron chi connectivity index (χ4n) is 4.56. The van der Waals surface area contributed by atoms with Crippen LogP contribution in [0, 0.1) is 0 Å². The zero-order chi connectivity index (χ0) is 20.2. The van der Waals surface area contributed by atoms with Gasteiger partial charge in [0, 0.05) is 13.1 Å². The highest BCUT2D eigenvalue weighted by atomic mass is 16.5. The molecule has 0 N–H and O–H groups in total. The highest BCUT2D eigenvalue weighted by Gasteiger charge is 2.14. The maximum absolute atomic E-state index is 6.29. The van der Waals surface area contributed by atoms with Crippen molar-refractivity contribution >= 4 is 0 Å². The number of ether oxygens (including phenoxy) is 2. The van der Waals surface area contributed by atoms with E-state index in [-0.39, 0.29) is 6.10 Å². The van der Waals surface area contributed by atoms with Gasteiger partial charge in [0.2, 0.25) is 0 Å². The molecular weight excluding hydrogens is 360 g/mol. The number of nitrogens with zero attached hydrogens (tertiary/aromatic N) is 2. The molecule has 0 saturated carbocycles. The van der Waals surface area contributed by atoms with Crippen LogP contribution in [0.3, 0.4) is 0 Å². The number of hydrogen-bond acceptors (Lipinski definition) is 4. The molecule has 164 valence electrons. The van der Waals surface area contributed by atoms with E-state index in [4.69, 9.17) is 9.47 Å². The molecule has 0 radical (unpaired) electrons. The van der Waals surface area contributed by atoms with Crippen LogP contribution in [0.1, 0.15) is 76.4 Å². The number of benzene rings is 1. The molecule has 2 aliphatic rings. The van der Waals surface area contributed by atoms with Crippen LogP contribution in [-0.4, -0.2) is 62.3 Å². The third-order valence-electron chi connectivity index (χ3n) is 6.31. The fourth-order valence-corrected chi connectivity index (χ4v) is 4.56. The Morgan fingerprint density at radius 2 is 1.41 bits per heavy atom. The van der Waals surface area contributed by atoms with Crippen LogP contribution in [-0.2, 0) is 4.74 Å². The highest BCUT2D eigenvalue weighted by Crippen LogP contribution is 2.25. The first-order valence-electron chi connectivity index (χ1n) is 12.1. The molecule has 2 saturated heterocycles. The van der Waals surface area contributed by atoms with Crippen molar-refractivity contribution in [2.75, 3.05) is 52.5 Å².